The summed E-state index contributed by atoms with van der Waals surface area (Å²) in [5, 5.41) is 6.01. The van der Waals surface area contributed by atoms with Crippen molar-refractivity contribution in [2.45, 2.75) is 13.8 Å². The number of hydrogen-bond acceptors (Lipinski definition) is 3. The molecule has 4 heteroatoms. The number of carbonyl (C=O) groups excluding carboxylic acids is 1. The van der Waals surface area contributed by atoms with Crippen molar-refractivity contribution in [2.75, 3.05) is 20.1 Å². The number of nitrogens with one attached hydrogen (secondary N) is 2. The van der Waals surface area contributed by atoms with Crippen LogP contribution in [0.4, 0.5) is 0 Å². The maximum Gasteiger partial charge on any atom is 0.252 e. The lowest BCUT2D eigenvalue weighted by atomic mass is 9.93. The van der Waals surface area contributed by atoms with E-state index in [1.54, 1.807) is 24.5 Å². The highest BCUT2D eigenvalue weighted by molar-refractivity contribution is 5.93. The predicted octanol–water partition coefficient (Wildman–Crippen LogP) is 1.06. The van der Waals surface area contributed by atoms with Crippen molar-refractivity contribution in [1.82, 2.24) is 15.6 Å². The zero-order valence-corrected chi connectivity index (χ0v) is 10.1. The first-order valence-corrected chi connectivity index (χ1v) is 5.38. The average Bonchev–Trinajstić information content (AvgIpc) is 2.27. The van der Waals surface area contributed by atoms with Gasteiger partial charge in [-0.2, -0.15) is 0 Å². The molecule has 0 aliphatic carbocycles. The fraction of sp³-hybridized carbons (Fsp3) is 0.500. The van der Waals surface area contributed by atoms with Crippen molar-refractivity contribution in [3.63, 3.8) is 0 Å². The molecule has 16 heavy (non-hydrogen) atoms. The SMILES string of the molecule is CNCC(C)(C)CNC(=O)c1cccnc1. The molecular formula is C12H19N3O. The molecule has 0 atom stereocenters. The molecule has 0 bridgehead atoms. The summed E-state index contributed by atoms with van der Waals surface area (Å²) in [6, 6.07) is 3.51. The normalized spacial score (nSPS) is 11.2. The topological polar surface area (TPSA) is 54.0 Å². The standard InChI is InChI=1S/C12H19N3O/c1-12(2,8-13-3)9-15-11(16)10-5-4-6-14-7-10/h4-7,13H,8-9H2,1-3H3,(H,15,16). The summed E-state index contributed by atoms with van der Waals surface area (Å²) in [7, 11) is 1.91. The third-order valence-electron chi connectivity index (χ3n) is 2.31. The van der Waals surface area contributed by atoms with Crippen LogP contribution >= 0.6 is 0 Å². The molecular weight excluding hydrogens is 202 g/mol. The van der Waals surface area contributed by atoms with E-state index in [2.05, 4.69) is 29.5 Å². The van der Waals surface area contributed by atoms with E-state index >= 15 is 0 Å². The number of nitrogens with zero attached hydrogens (tertiary/aromatic N) is 1. The predicted molar refractivity (Wildman–Crippen MR) is 64.3 cm³/mol. The van der Waals surface area contributed by atoms with Gasteiger partial charge in [0.15, 0.2) is 0 Å². The number of pyridine rings is 1. The first-order valence-electron chi connectivity index (χ1n) is 5.38. The molecule has 0 saturated heterocycles. The summed E-state index contributed by atoms with van der Waals surface area (Å²) in [5.74, 6) is -0.0720. The minimum absolute atomic E-state index is 0.0482. The van der Waals surface area contributed by atoms with Crippen molar-refractivity contribution in [2.24, 2.45) is 5.41 Å². The molecule has 1 aromatic rings. The van der Waals surface area contributed by atoms with Gasteiger partial charge < -0.3 is 10.6 Å². The summed E-state index contributed by atoms with van der Waals surface area (Å²) in [6.45, 7) is 5.71. The molecule has 0 aromatic carbocycles. The fourth-order valence-corrected chi connectivity index (χ4v) is 1.46. The van der Waals surface area contributed by atoms with Gasteiger partial charge in [0.25, 0.3) is 5.91 Å². The third kappa shape index (κ3) is 3.98. The van der Waals surface area contributed by atoms with Gasteiger partial charge in [-0.3, -0.25) is 9.78 Å². The average molecular weight is 221 g/mol. The summed E-state index contributed by atoms with van der Waals surface area (Å²) >= 11 is 0. The Morgan fingerprint density at radius 3 is 2.75 bits per heavy atom. The Morgan fingerprint density at radius 1 is 1.44 bits per heavy atom. The van der Waals surface area contributed by atoms with Gasteiger partial charge in [-0.25, -0.2) is 0 Å². The quantitative estimate of drug-likeness (QED) is 0.781. The number of carbonyl (C=O) groups is 1. The lowest BCUT2D eigenvalue weighted by Crippen LogP contribution is -2.39. The van der Waals surface area contributed by atoms with E-state index in [-0.39, 0.29) is 11.3 Å². The van der Waals surface area contributed by atoms with Crippen LogP contribution in [0.15, 0.2) is 24.5 Å². The maximum atomic E-state index is 11.7. The van der Waals surface area contributed by atoms with E-state index in [0.29, 0.717) is 12.1 Å². The van der Waals surface area contributed by atoms with Gasteiger partial charge in [0.1, 0.15) is 0 Å². The molecule has 4 nitrogen and oxygen atoms in total. The van der Waals surface area contributed by atoms with E-state index in [4.69, 9.17) is 0 Å². The Balaban J connectivity index is 2.48. The second-order valence-electron chi connectivity index (χ2n) is 4.62. The van der Waals surface area contributed by atoms with Crippen LogP contribution in [0.1, 0.15) is 24.2 Å². The molecule has 0 fully saturated rings. The van der Waals surface area contributed by atoms with Crippen LogP contribution in [0.2, 0.25) is 0 Å². The molecule has 1 heterocycles. The molecule has 0 spiro atoms. The maximum absolute atomic E-state index is 11.7. The molecule has 0 unspecified atom stereocenters. The highest BCUT2D eigenvalue weighted by Crippen LogP contribution is 2.11. The summed E-state index contributed by atoms with van der Waals surface area (Å²) in [5.41, 5.74) is 0.648. The van der Waals surface area contributed by atoms with Crippen molar-refractivity contribution in [3.8, 4) is 0 Å². The molecule has 0 aliphatic rings. The molecule has 0 radical (unpaired) electrons. The summed E-state index contributed by atoms with van der Waals surface area (Å²) in [4.78, 5) is 15.6. The Kier molecular flexibility index (Phi) is 4.43. The monoisotopic (exact) mass is 221 g/mol. The second-order valence-corrected chi connectivity index (χ2v) is 4.62. The lowest BCUT2D eigenvalue weighted by Gasteiger charge is -2.24. The van der Waals surface area contributed by atoms with Crippen molar-refractivity contribution >= 4 is 5.91 Å². The number of amides is 1. The Morgan fingerprint density at radius 2 is 2.19 bits per heavy atom. The van der Waals surface area contributed by atoms with Crippen LogP contribution in [0.25, 0.3) is 0 Å². The van der Waals surface area contributed by atoms with Crippen LogP contribution in [0.3, 0.4) is 0 Å². The van der Waals surface area contributed by atoms with Crippen LogP contribution in [0, 0.1) is 5.41 Å². The molecule has 0 saturated carbocycles. The van der Waals surface area contributed by atoms with Crippen LogP contribution < -0.4 is 10.6 Å². The largest absolute Gasteiger partial charge is 0.351 e. The van der Waals surface area contributed by atoms with Crippen LogP contribution in [-0.2, 0) is 0 Å². The first-order chi connectivity index (χ1) is 7.55. The van der Waals surface area contributed by atoms with Crippen molar-refractivity contribution in [1.29, 1.82) is 0 Å². The van der Waals surface area contributed by atoms with E-state index < -0.39 is 0 Å². The van der Waals surface area contributed by atoms with E-state index in [0.717, 1.165) is 6.54 Å². The van der Waals surface area contributed by atoms with Gasteiger partial charge in [-0.15, -0.1) is 0 Å². The minimum Gasteiger partial charge on any atom is -0.351 e. The number of rotatable bonds is 5. The zero-order valence-electron chi connectivity index (χ0n) is 10.1. The molecule has 1 rings (SSSR count). The highest BCUT2D eigenvalue weighted by Gasteiger charge is 2.18. The lowest BCUT2D eigenvalue weighted by molar-refractivity contribution is 0.0936. The minimum atomic E-state index is -0.0720. The van der Waals surface area contributed by atoms with Gasteiger partial charge >= 0.3 is 0 Å². The Hall–Kier alpha value is -1.42. The van der Waals surface area contributed by atoms with Gasteiger partial charge in [-0.1, -0.05) is 13.8 Å². The van der Waals surface area contributed by atoms with E-state index in [1.807, 2.05) is 7.05 Å². The van der Waals surface area contributed by atoms with Gasteiger partial charge in [0, 0.05) is 25.5 Å². The molecule has 1 amide bonds. The smallest absolute Gasteiger partial charge is 0.252 e. The molecule has 1 aromatic heterocycles. The van der Waals surface area contributed by atoms with E-state index in [1.165, 1.54) is 0 Å². The van der Waals surface area contributed by atoms with E-state index in [9.17, 15) is 4.79 Å². The summed E-state index contributed by atoms with van der Waals surface area (Å²) in [6.07, 6.45) is 3.22. The van der Waals surface area contributed by atoms with Gasteiger partial charge in [-0.05, 0) is 24.6 Å². The molecule has 0 aliphatic heterocycles. The highest BCUT2D eigenvalue weighted by atomic mass is 16.1. The van der Waals surface area contributed by atoms with Gasteiger partial charge in [0.05, 0.1) is 5.56 Å². The summed E-state index contributed by atoms with van der Waals surface area (Å²) < 4.78 is 0. The molecule has 88 valence electrons. The number of aromatic nitrogens is 1. The van der Waals surface area contributed by atoms with Crippen LogP contribution in [-0.4, -0.2) is 31.0 Å². The third-order valence-corrected chi connectivity index (χ3v) is 2.31. The van der Waals surface area contributed by atoms with Crippen molar-refractivity contribution in [3.05, 3.63) is 30.1 Å². The molecule has 2 N–H and O–H groups in total. The number of hydrogen-bond donors (Lipinski definition) is 2. The zero-order chi connectivity index (χ0) is 12.0. The Labute approximate surface area is 96.5 Å². The first kappa shape index (κ1) is 12.6. The van der Waals surface area contributed by atoms with Gasteiger partial charge in [0.2, 0.25) is 0 Å². The van der Waals surface area contributed by atoms with Crippen LogP contribution in [0.5, 0.6) is 0 Å². The fourth-order valence-electron chi connectivity index (χ4n) is 1.46. The van der Waals surface area contributed by atoms with Crippen molar-refractivity contribution < 1.29 is 4.79 Å². The second kappa shape index (κ2) is 5.61. The Bertz CT molecular complexity index is 335.